The SMILES string of the molecule is CC(CNC(=O)c1sc(N2CCNCC2)nc1N)S(C)=O. The van der Waals surface area contributed by atoms with Gasteiger partial charge in [0.25, 0.3) is 5.91 Å². The third-order valence-corrected chi connectivity index (χ3v) is 5.78. The highest BCUT2D eigenvalue weighted by atomic mass is 32.2. The van der Waals surface area contributed by atoms with Gasteiger partial charge in [0.15, 0.2) is 5.13 Å². The molecule has 0 aromatic carbocycles. The first kappa shape index (κ1) is 16.2. The van der Waals surface area contributed by atoms with Gasteiger partial charge in [-0.3, -0.25) is 9.00 Å². The molecule has 2 atom stereocenters. The summed E-state index contributed by atoms with van der Waals surface area (Å²) in [7, 11) is -0.960. The number of hydrogen-bond donors (Lipinski definition) is 3. The summed E-state index contributed by atoms with van der Waals surface area (Å²) in [5.74, 6) is 0.0139. The summed E-state index contributed by atoms with van der Waals surface area (Å²) >= 11 is 1.31. The number of aromatic nitrogens is 1. The molecule has 2 heterocycles. The highest BCUT2D eigenvalue weighted by Crippen LogP contribution is 2.28. The Morgan fingerprint density at radius 3 is 2.86 bits per heavy atom. The van der Waals surface area contributed by atoms with E-state index in [2.05, 4.69) is 20.5 Å². The maximum Gasteiger partial charge on any atom is 0.265 e. The maximum atomic E-state index is 12.1. The van der Waals surface area contributed by atoms with Crippen LogP contribution >= 0.6 is 11.3 Å². The van der Waals surface area contributed by atoms with E-state index < -0.39 is 10.8 Å². The Balaban J connectivity index is 2.00. The third-order valence-electron chi connectivity index (χ3n) is 3.35. The molecule has 1 saturated heterocycles. The summed E-state index contributed by atoms with van der Waals surface area (Å²) in [6.07, 6.45) is 1.63. The van der Waals surface area contributed by atoms with E-state index in [1.165, 1.54) is 11.3 Å². The molecule has 1 aliphatic rings. The number of nitrogens with two attached hydrogens (primary N) is 1. The number of anilines is 2. The Morgan fingerprint density at radius 1 is 1.57 bits per heavy atom. The molecule has 0 saturated carbocycles. The molecule has 0 spiro atoms. The second-order valence-electron chi connectivity index (χ2n) is 4.97. The normalized spacial score (nSPS) is 18.3. The molecule has 1 aromatic heterocycles. The number of carbonyl (C=O) groups excluding carboxylic acids is 1. The smallest absolute Gasteiger partial charge is 0.265 e. The first-order chi connectivity index (χ1) is 9.99. The molecule has 1 aliphatic heterocycles. The summed E-state index contributed by atoms with van der Waals surface area (Å²) in [4.78, 5) is 19.0. The quantitative estimate of drug-likeness (QED) is 0.681. The molecular formula is C12H21N5O2S2. The van der Waals surface area contributed by atoms with Crippen LogP contribution < -0.4 is 21.3 Å². The van der Waals surface area contributed by atoms with Gasteiger partial charge in [-0.2, -0.15) is 0 Å². The minimum absolute atomic E-state index is 0.0873. The van der Waals surface area contributed by atoms with Crippen LogP contribution in [0.2, 0.25) is 0 Å². The van der Waals surface area contributed by atoms with Gasteiger partial charge >= 0.3 is 0 Å². The zero-order valence-electron chi connectivity index (χ0n) is 12.2. The molecule has 2 rings (SSSR count). The van der Waals surface area contributed by atoms with Crippen molar-refractivity contribution in [2.75, 3.05) is 49.6 Å². The van der Waals surface area contributed by atoms with Crippen molar-refractivity contribution in [1.82, 2.24) is 15.6 Å². The number of carbonyl (C=O) groups is 1. The van der Waals surface area contributed by atoms with Crippen LogP contribution in [0.15, 0.2) is 0 Å². The molecular weight excluding hydrogens is 310 g/mol. The van der Waals surface area contributed by atoms with Gasteiger partial charge < -0.3 is 21.3 Å². The third kappa shape index (κ3) is 4.14. The van der Waals surface area contributed by atoms with Crippen molar-refractivity contribution in [3.63, 3.8) is 0 Å². The lowest BCUT2D eigenvalue weighted by Gasteiger charge is -2.26. The molecule has 1 fully saturated rings. The Hall–Kier alpha value is -1.19. The number of nitrogens with zero attached hydrogens (tertiary/aromatic N) is 2. The van der Waals surface area contributed by atoms with Crippen molar-refractivity contribution in [3.8, 4) is 0 Å². The van der Waals surface area contributed by atoms with E-state index in [0.717, 1.165) is 31.3 Å². The van der Waals surface area contributed by atoms with Gasteiger partial charge in [0.2, 0.25) is 0 Å². The van der Waals surface area contributed by atoms with Gasteiger partial charge in [0.05, 0.1) is 0 Å². The van der Waals surface area contributed by atoms with E-state index in [1.54, 1.807) is 6.26 Å². The van der Waals surface area contributed by atoms with Crippen LogP contribution in [0.25, 0.3) is 0 Å². The molecule has 21 heavy (non-hydrogen) atoms. The fourth-order valence-electron chi connectivity index (χ4n) is 1.91. The molecule has 4 N–H and O–H groups in total. The number of thiazole rings is 1. The monoisotopic (exact) mass is 331 g/mol. The standard InChI is InChI=1S/C12H21N5O2S2/c1-8(21(2)19)7-15-11(18)9-10(13)16-12(20-9)17-5-3-14-4-6-17/h8,14H,3-7,13H2,1-2H3,(H,15,18). The molecule has 0 radical (unpaired) electrons. The molecule has 1 amide bonds. The zero-order chi connectivity index (χ0) is 15.4. The Morgan fingerprint density at radius 2 is 2.24 bits per heavy atom. The van der Waals surface area contributed by atoms with Gasteiger partial charge in [-0.1, -0.05) is 11.3 Å². The summed E-state index contributed by atoms with van der Waals surface area (Å²) in [6.45, 7) is 5.72. The van der Waals surface area contributed by atoms with Crippen LogP contribution in [-0.2, 0) is 10.8 Å². The van der Waals surface area contributed by atoms with Crippen LogP contribution in [0.4, 0.5) is 10.9 Å². The summed E-state index contributed by atoms with van der Waals surface area (Å²) in [6, 6.07) is 0. The van der Waals surface area contributed by atoms with Crippen LogP contribution in [0, 0.1) is 0 Å². The van der Waals surface area contributed by atoms with Crippen molar-refractivity contribution < 1.29 is 9.00 Å². The van der Waals surface area contributed by atoms with Crippen LogP contribution in [0.1, 0.15) is 16.6 Å². The van der Waals surface area contributed by atoms with Gasteiger partial charge in [0.1, 0.15) is 10.7 Å². The van der Waals surface area contributed by atoms with Crippen molar-refractivity contribution in [1.29, 1.82) is 0 Å². The minimum atomic E-state index is -0.960. The second kappa shape index (κ2) is 7.19. The first-order valence-electron chi connectivity index (χ1n) is 6.81. The van der Waals surface area contributed by atoms with Gasteiger partial charge in [-0.05, 0) is 6.92 Å². The molecule has 118 valence electrons. The summed E-state index contributed by atoms with van der Waals surface area (Å²) in [5, 5.41) is 6.73. The number of hydrogen-bond acceptors (Lipinski definition) is 7. The minimum Gasteiger partial charge on any atom is -0.382 e. The van der Waals surface area contributed by atoms with E-state index >= 15 is 0 Å². The predicted octanol–water partition coefficient (Wildman–Crippen LogP) is -0.368. The van der Waals surface area contributed by atoms with Crippen LogP contribution in [0.3, 0.4) is 0 Å². The average molecular weight is 331 g/mol. The van der Waals surface area contributed by atoms with E-state index in [-0.39, 0.29) is 17.0 Å². The van der Waals surface area contributed by atoms with E-state index in [4.69, 9.17) is 5.73 Å². The van der Waals surface area contributed by atoms with E-state index in [9.17, 15) is 9.00 Å². The Labute approximate surface area is 130 Å². The largest absolute Gasteiger partial charge is 0.382 e. The second-order valence-corrected chi connectivity index (χ2v) is 7.75. The predicted molar refractivity (Wildman–Crippen MR) is 87.5 cm³/mol. The lowest BCUT2D eigenvalue weighted by Crippen LogP contribution is -2.43. The van der Waals surface area contributed by atoms with Crippen LogP contribution in [0.5, 0.6) is 0 Å². The Kier molecular flexibility index (Phi) is 5.54. The van der Waals surface area contributed by atoms with Crippen molar-refractivity contribution >= 4 is 39.0 Å². The summed E-state index contributed by atoms with van der Waals surface area (Å²) in [5.41, 5.74) is 5.85. The lowest BCUT2D eigenvalue weighted by atomic mass is 10.4. The average Bonchev–Trinajstić information content (AvgIpc) is 2.87. The zero-order valence-corrected chi connectivity index (χ0v) is 13.9. The van der Waals surface area contributed by atoms with Crippen molar-refractivity contribution in [2.45, 2.75) is 12.2 Å². The van der Waals surface area contributed by atoms with Crippen molar-refractivity contribution in [2.24, 2.45) is 0 Å². The molecule has 2 unspecified atom stereocenters. The Bertz CT molecular complexity index is 528. The van der Waals surface area contributed by atoms with Gasteiger partial charge in [-0.25, -0.2) is 4.98 Å². The molecule has 0 bridgehead atoms. The van der Waals surface area contributed by atoms with E-state index in [0.29, 0.717) is 11.4 Å². The fraction of sp³-hybridized carbons (Fsp3) is 0.667. The van der Waals surface area contributed by atoms with Crippen LogP contribution in [-0.4, -0.2) is 59.3 Å². The van der Waals surface area contributed by atoms with Crippen molar-refractivity contribution in [3.05, 3.63) is 4.88 Å². The fourth-order valence-corrected chi connectivity index (χ4v) is 3.18. The highest BCUT2D eigenvalue weighted by molar-refractivity contribution is 7.84. The first-order valence-corrected chi connectivity index (χ1v) is 9.25. The van der Waals surface area contributed by atoms with Gasteiger partial charge in [-0.15, -0.1) is 0 Å². The maximum absolute atomic E-state index is 12.1. The highest BCUT2D eigenvalue weighted by Gasteiger charge is 2.21. The van der Waals surface area contributed by atoms with Gasteiger partial charge in [0, 0.05) is 55.0 Å². The topological polar surface area (TPSA) is 100 Å². The summed E-state index contributed by atoms with van der Waals surface area (Å²) < 4.78 is 11.3. The number of nitrogen functional groups attached to an aromatic ring is 1. The number of piperazine rings is 1. The van der Waals surface area contributed by atoms with E-state index in [1.807, 2.05) is 6.92 Å². The number of nitrogens with one attached hydrogen (secondary N) is 2. The number of rotatable bonds is 5. The molecule has 0 aliphatic carbocycles. The lowest BCUT2D eigenvalue weighted by molar-refractivity contribution is 0.0959. The molecule has 7 nitrogen and oxygen atoms in total. The number of amides is 1. The molecule has 1 aromatic rings. The molecule has 9 heteroatoms.